The van der Waals surface area contributed by atoms with E-state index in [4.69, 9.17) is 23.2 Å². The van der Waals surface area contributed by atoms with Gasteiger partial charge in [-0.05, 0) is 41.1 Å². The van der Waals surface area contributed by atoms with Crippen LogP contribution in [0.4, 0.5) is 0 Å². The van der Waals surface area contributed by atoms with E-state index in [9.17, 15) is 8.42 Å². The standard InChI is InChI=1S/C10H11Br2Cl2NO2S/c1-10(5-13,6-14)15-18(16,17)9-4-7(11)2-3-8(9)12/h2-4,15H,5-6H2,1H3. The Labute approximate surface area is 134 Å². The van der Waals surface area contributed by atoms with E-state index in [-0.39, 0.29) is 16.7 Å². The van der Waals surface area contributed by atoms with E-state index < -0.39 is 15.6 Å². The number of hydrogen-bond donors (Lipinski definition) is 1. The van der Waals surface area contributed by atoms with Crippen molar-refractivity contribution < 1.29 is 8.42 Å². The Kier molecular flexibility index (Phi) is 5.96. The zero-order valence-electron chi connectivity index (χ0n) is 9.38. The van der Waals surface area contributed by atoms with Crippen LogP contribution in [0.1, 0.15) is 6.92 Å². The lowest BCUT2D eigenvalue weighted by molar-refractivity contribution is 0.500. The number of rotatable bonds is 5. The van der Waals surface area contributed by atoms with Gasteiger partial charge in [-0.3, -0.25) is 0 Å². The van der Waals surface area contributed by atoms with Gasteiger partial charge in [-0.2, -0.15) is 0 Å². The second-order valence-electron chi connectivity index (χ2n) is 4.01. The molecule has 0 aliphatic carbocycles. The zero-order chi connectivity index (χ0) is 14.0. The molecular weight excluding hydrogens is 429 g/mol. The predicted molar refractivity (Wildman–Crippen MR) is 82.0 cm³/mol. The molecule has 1 aromatic carbocycles. The van der Waals surface area contributed by atoms with Gasteiger partial charge in [-0.15, -0.1) is 23.2 Å². The average molecular weight is 440 g/mol. The summed E-state index contributed by atoms with van der Waals surface area (Å²) in [5.41, 5.74) is -0.885. The third kappa shape index (κ3) is 4.08. The van der Waals surface area contributed by atoms with Crippen molar-refractivity contribution in [1.82, 2.24) is 4.72 Å². The number of sulfonamides is 1. The lowest BCUT2D eigenvalue weighted by atomic mass is 10.1. The molecule has 1 rings (SSSR count). The van der Waals surface area contributed by atoms with Crippen LogP contribution < -0.4 is 4.72 Å². The van der Waals surface area contributed by atoms with Crippen molar-refractivity contribution in [3.63, 3.8) is 0 Å². The Morgan fingerprint density at radius 1 is 1.28 bits per heavy atom. The number of halogens is 4. The highest BCUT2D eigenvalue weighted by Crippen LogP contribution is 2.27. The van der Waals surface area contributed by atoms with E-state index in [0.717, 1.165) is 0 Å². The molecule has 0 aliphatic heterocycles. The summed E-state index contributed by atoms with van der Waals surface area (Å²) in [6.07, 6.45) is 0. The molecule has 0 bridgehead atoms. The van der Waals surface area contributed by atoms with Crippen LogP contribution >= 0.6 is 55.1 Å². The van der Waals surface area contributed by atoms with E-state index in [0.29, 0.717) is 8.95 Å². The fraction of sp³-hybridized carbons (Fsp3) is 0.400. The topological polar surface area (TPSA) is 46.2 Å². The summed E-state index contributed by atoms with van der Waals surface area (Å²) >= 11 is 17.9. The fourth-order valence-electron chi connectivity index (χ4n) is 1.15. The van der Waals surface area contributed by atoms with Crippen molar-refractivity contribution in [2.24, 2.45) is 0 Å². The normalized spacial score (nSPS) is 12.7. The molecule has 0 amide bonds. The number of nitrogens with one attached hydrogen (secondary N) is 1. The van der Waals surface area contributed by atoms with Gasteiger partial charge in [0, 0.05) is 20.7 Å². The molecule has 0 aromatic heterocycles. The minimum Gasteiger partial charge on any atom is -0.207 e. The SMILES string of the molecule is CC(CCl)(CCl)NS(=O)(=O)c1cc(Br)ccc1Br. The molecule has 1 aromatic rings. The molecule has 0 aliphatic rings. The largest absolute Gasteiger partial charge is 0.242 e. The summed E-state index contributed by atoms with van der Waals surface area (Å²) in [4.78, 5) is 0.137. The Hall–Kier alpha value is 0.670. The molecule has 0 saturated heterocycles. The number of alkyl halides is 2. The van der Waals surface area contributed by atoms with Crippen LogP contribution in [0, 0.1) is 0 Å². The summed E-state index contributed by atoms with van der Waals surface area (Å²) in [7, 11) is -3.69. The van der Waals surface area contributed by atoms with Gasteiger partial charge < -0.3 is 0 Å². The average Bonchev–Trinajstić information content (AvgIpc) is 2.31. The van der Waals surface area contributed by atoms with E-state index in [1.165, 1.54) is 6.07 Å². The van der Waals surface area contributed by atoms with Crippen LogP contribution in [0.2, 0.25) is 0 Å². The fourth-order valence-corrected chi connectivity index (χ4v) is 4.64. The number of hydrogen-bond acceptors (Lipinski definition) is 2. The molecule has 0 spiro atoms. The summed E-state index contributed by atoms with van der Waals surface area (Å²) in [5.74, 6) is 0.169. The Morgan fingerprint density at radius 2 is 1.83 bits per heavy atom. The van der Waals surface area contributed by atoms with Gasteiger partial charge in [0.1, 0.15) is 0 Å². The van der Waals surface area contributed by atoms with E-state index in [1.807, 2.05) is 0 Å². The second-order valence-corrected chi connectivity index (χ2v) is 7.96. The summed E-state index contributed by atoms with van der Waals surface area (Å²) in [5, 5.41) is 0. The monoisotopic (exact) mass is 437 g/mol. The van der Waals surface area contributed by atoms with Crippen LogP contribution in [-0.2, 0) is 10.0 Å². The highest BCUT2D eigenvalue weighted by molar-refractivity contribution is 9.11. The molecule has 0 unspecified atom stereocenters. The first-order valence-electron chi connectivity index (χ1n) is 4.85. The first-order valence-corrected chi connectivity index (χ1v) is 8.99. The van der Waals surface area contributed by atoms with Gasteiger partial charge in [0.25, 0.3) is 0 Å². The first-order chi connectivity index (χ1) is 8.24. The van der Waals surface area contributed by atoms with E-state index in [1.54, 1.807) is 19.1 Å². The minimum atomic E-state index is -3.69. The molecule has 0 heterocycles. The van der Waals surface area contributed by atoms with Crippen molar-refractivity contribution in [3.05, 3.63) is 27.1 Å². The van der Waals surface area contributed by atoms with E-state index >= 15 is 0 Å². The lowest BCUT2D eigenvalue weighted by Crippen LogP contribution is -2.49. The van der Waals surface area contributed by atoms with Crippen molar-refractivity contribution in [2.45, 2.75) is 17.4 Å². The quantitative estimate of drug-likeness (QED) is 0.710. The van der Waals surface area contributed by atoms with Crippen LogP contribution in [0.5, 0.6) is 0 Å². The molecule has 0 saturated carbocycles. The molecule has 3 nitrogen and oxygen atoms in total. The molecule has 18 heavy (non-hydrogen) atoms. The molecule has 0 radical (unpaired) electrons. The summed E-state index contributed by atoms with van der Waals surface area (Å²) < 4.78 is 28.2. The molecule has 0 fully saturated rings. The molecule has 0 atom stereocenters. The Bertz CT molecular complexity index is 533. The summed E-state index contributed by atoms with van der Waals surface area (Å²) in [6, 6.07) is 4.90. The van der Waals surface area contributed by atoms with Gasteiger partial charge in [0.05, 0.1) is 10.4 Å². The van der Waals surface area contributed by atoms with Crippen molar-refractivity contribution >= 4 is 65.1 Å². The van der Waals surface area contributed by atoms with Crippen molar-refractivity contribution in [3.8, 4) is 0 Å². The maximum absolute atomic E-state index is 12.3. The third-order valence-electron chi connectivity index (χ3n) is 2.15. The molecule has 8 heteroatoms. The van der Waals surface area contributed by atoms with Gasteiger partial charge in [0.15, 0.2) is 0 Å². The van der Waals surface area contributed by atoms with Gasteiger partial charge in [-0.25, -0.2) is 13.1 Å². The Morgan fingerprint density at radius 3 is 2.33 bits per heavy atom. The second kappa shape index (κ2) is 6.41. The van der Waals surface area contributed by atoms with Gasteiger partial charge in [0.2, 0.25) is 10.0 Å². The maximum atomic E-state index is 12.3. The molecule has 102 valence electrons. The van der Waals surface area contributed by atoms with Gasteiger partial charge >= 0.3 is 0 Å². The molecule has 1 N–H and O–H groups in total. The maximum Gasteiger partial charge on any atom is 0.242 e. The third-order valence-corrected chi connectivity index (χ3v) is 6.46. The predicted octanol–water partition coefficient (Wildman–Crippen LogP) is 3.73. The highest BCUT2D eigenvalue weighted by Gasteiger charge is 2.30. The zero-order valence-corrected chi connectivity index (χ0v) is 14.9. The van der Waals surface area contributed by atoms with Crippen LogP contribution in [-0.4, -0.2) is 25.7 Å². The Balaban J connectivity index is 3.18. The van der Waals surface area contributed by atoms with Crippen LogP contribution in [0.15, 0.2) is 32.0 Å². The first kappa shape index (κ1) is 16.7. The van der Waals surface area contributed by atoms with Crippen LogP contribution in [0.25, 0.3) is 0 Å². The highest BCUT2D eigenvalue weighted by atomic mass is 79.9. The molecular formula is C10H11Br2Cl2NO2S. The number of benzene rings is 1. The van der Waals surface area contributed by atoms with Crippen molar-refractivity contribution in [2.75, 3.05) is 11.8 Å². The van der Waals surface area contributed by atoms with Crippen molar-refractivity contribution in [1.29, 1.82) is 0 Å². The minimum absolute atomic E-state index is 0.0847. The summed E-state index contributed by atoms with van der Waals surface area (Å²) in [6.45, 7) is 1.65. The van der Waals surface area contributed by atoms with E-state index in [2.05, 4.69) is 36.6 Å². The van der Waals surface area contributed by atoms with Gasteiger partial charge in [-0.1, -0.05) is 15.9 Å². The van der Waals surface area contributed by atoms with Crippen LogP contribution in [0.3, 0.4) is 0 Å². The smallest absolute Gasteiger partial charge is 0.207 e. The lowest BCUT2D eigenvalue weighted by Gasteiger charge is -2.25.